The summed E-state index contributed by atoms with van der Waals surface area (Å²) < 4.78 is 0. The van der Waals surface area contributed by atoms with E-state index in [4.69, 9.17) is 0 Å². The van der Waals surface area contributed by atoms with Crippen LogP contribution in [0.3, 0.4) is 0 Å². The van der Waals surface area contributed by atoms with Crippen molar-refractivity contribution in [1.29, 1.82) is 0 Å². The number of ketones is 1. The highest BCUT2D eigenvalue weighted by Crippen LogP contribution is 2.21. The predicted molar refractivity (Wildman–Crippen MR) is 78.2 cm³/mol. The molecule has 0 aliphatic rings. The fourth-order valence-electron chi connectivity index (χ4n) is 2.09. The van der Waals surface area contributed by atoms with Crippen molar-refractivity contribution in [1.82, 2.24) is 5.32 Å². The highest BCUT2D eigenvalue weighted by molar-refractivity contribution is 5.97. The number of hydrogen-bond donors (Lipinski definition) is 1. The number of carbonyl (C=O) groups excluding carboxylic acids is 2. The second-order valence-electron chi connectivity index (χ2n) is 4.70. The lowest BCUT2D eigenvalue weighted by atomic mass is 9.98. The van der Waals surface area contributed by atoms with Crippen LogP contribution in [0.4, 0.5) is 0 Å². The van der Waals surface area contributed by atoms with Crippen molar-refractivity contribution in [2.45, 2.75) is 19.4 Å². The van der Waals surface area contributed by atoms with Crippen LogP contribution in [0.15, 0.2) is 60.7 Å². The molecule has 0 heterocycles. The molecule has 0 fully saturated rings. The van der Waals surface area contributed by atoms with Crippen molar-refractivity contribution in [3.8, 4) is 0 Å². The molecule has 0 unspecified atom stereocenters. The van der Waals surface area contributed by atoms with E-state index in [-0.39, 0.29) is 24.2 Å². The zero-order valence-electron chi connectivity index (χ0n) is 11.4. The molecule has 2 rings (SSSR count). The lowest BCUT2D eigenvalue weighted by Crippen LogP contribution is -2.30. The molecule has 0 aliphatic heterocycles. The fraction of sp³-hybridized carbons (Fsp3) is 0.176. The van der Waals surface area contributed by atoms with E-state index in [1.807, 2.05) is 60.7 Å². The Balaban J connectivity index is 2.26. The van der Waals surface area contributed by atoms with Crippen LogP contribution in [0.1, 0.15) is 30.5 Å². The highest BCUT2D eigenvalue weighted by Gasteiger charge is 2.17. The summed E-state index contributed by atoms with van der Waals surface area (Å²) in [5.74, 6) is -0.391. The van der Waals surface area contributed by atoms with Crippen molar-refractivity contribution < 1.29 is 9.59 Å². The third-order valence-corrected chi connectivity index (χ3v) is 2.98. The van der Waals surface area contributed by atoms with Crippen LogP contribution in [-0.4, -0.2) is 11.7 Å². The maximum absolute atomic E-state index is 11.9. The first-order chi connectivity index (χ1) is 9.66. The number of carbonyl (C=O) groups is 2. The van der Waals surface area contributed by atoms with Gasteiger partial charge in [-0.15, -0.1) is 0 Å². The minimum Gasteiger partial charge on any atom is -0.345 e. The molecular formula is C17H17NO2. The van der Waals surface area contributed by atoms with Gasteiger partial charge in [0.15, 0.2) is 0 Å². The van der Waals surface area contributed by atoms with Crippen molar-refractivity contribution in [3.63, 3.8) is 0 Å². The van der Waals surface area contributed by atoms with Gasteiger partial charge >= 0.3 is 0 Å². The van der Waals surface area contributed by atoms with E-state index < -0.39 is 0 Å². The van der Waals surface area contributed by atoms with Gasteiger partial charge in [-0.25, -0.2) is 0 Å². The standard InChI is InChI=1S/C17H17NO2/c1-13(19)12-16(20)18-17(14-8-4-2-5-9-14)15-10-6-3-7-11-15/h2-11,17H,12H2,1H3,(H,18,20). The van der Waals surface area contributed by atoms with Gasteiger partial charge < -0.3 is 5.32 Å². The van der Waals surface area contributed by atoms with E-state index in [0.29, 0.717) is 0 Å². The largest absolute Gasteiger partial charge is 0.345 e. The topological polar surface area (TPSA) is 46.2 Å². The maximum Gasteiger partial charge on any atom is 0.228 e. The van der Waals surface area contributed by atoms with Gasteiger partial charge in [-0.2, -0.15) is 0 Å². The van der Waals surface area contributed by atoms with E-state index >= 15 is 0 Å². The molecule has 20 heavy (non-hydrogen) atoms. The summed E-state index contributed by atoms with van der Waals surface area (Å²) in [4.78, 5) is 22.9. The highest BCUT2D eigenvalue weighted by atomic mass is 16.2. The average Bonchev–Trinajstić information content (AvgIpc) is 2.46. The normalized spacial score (nSPS) is 10.3. The first-order valence-electron chi connectivity index (χ1n) is 6.55. The number of nitrogens with one attached hydrogen (secondary N) is 1. The van der Waals surface area contributed by atoms with Crippen molar-refractivity contribution in [3.05, 3.63) is 71.8 Å². The Morgan fingerprint density at radius 3 is 1.75 bits per heavy atom. The van der Waals surface area contributed by atoms with Crippen LogP contribution in [0, 0.1) is 0 Å². The van der Waals surface area contributed by atoms with Gasteiger partial charge in [-0.3, -0.25) is 9.59 Å². The molecule has 0 spiro atoms. The molecule has 3 nitrogen and oxygen atoms in total. The molecular weight excluding hydrogens is 250 g/mol. The number of amides is 1. The van der Waals surface area contributed by atoms with Crippen molar-refractivity contribution in [2.75, 3.05) is 0 Å². The fourth-order valence-corrected chi connectivity index (χ4v) is 2.09. The maximum atomic E-state index is 11.9. The molecule has 1 N–H and O–H groups in total. The van der Waals surface area contributed by atoms with Crippen LogP contribution >= 0.6 is 0 Å². The van der Waals surface area contributed by atoms with Gasteiger partial charge in [-0.05, 0) is 18.1 Å². The minimum atomic E-state index is -0.254. The van der Waals surface area contributed by atoms with Crippen LogP contribution in [0.2, 0.25) is 0 Å². The van der Waals surface area contributed by atoms with Gasteiger partial charge in [0.05, 0.1) is 12.5 Å². The number of rotatable bonds is 5. The summed E-state index contributed by atoms with van der Waals surface area (Å²) in [7, 11) is 0. The van der Waals surface area contributed by atoms with Crippen LogP contribution < -0.4 is 5.32 Å². The van der Waals surface area contributed by atoms with Crippen molar-refractivity contribution in [2.24, 2.45) is 0 Å². The molecule has 0 radical (unpaired) electrons. The molecule has 2 aromatic rings. The molecule has 1 amide bonds. The molecule has 0 atom stereocenters. The zero-order valence-corrected chi connectivity index (χ0v) is 11.4. The average molecular weight is 267 g/mol. The first kappa shape index (κ1) is 14.0. The summed E-state index contributed by atoms with van der Waals surface area (Å²) >= 11 is 0. The summed E-state index contributed by atoms with van der Waals surface area (Å²) in [6.45, 7) is 1.42. The van der Waals surface area contributed by atoms with E-state index in [2.05, 4.69) is 5.32 Å². The molecule has 2 aromatic carbocycles. The molecule has 0 aliphatic carbocycles. The predicted octanol–water partition coefficient (Wildman–Crippen LogP) is 2.87. The van der Waals surface area contributed by atoms with E-state index in [0.717, 1.165) is 11.1 Å². The zero-order chi connectivity index (χ0) is 14.4. The third kappa shape index (κ3) is 3.79. The van der Waals surface area contributed by atoms with Crippen LogP contribution in [0.5, 0.6) is 0 Å². The number of Topliss-reactive ketones (excluding diaryl/α,β-unsaturated/α-hetero) is 1. The first-order valence-corrected chi connectivity index (χ1v) is 6.55. The molecule has 3 heteroatoms. The van der Waals surface area contributed by atoms with Crippen LogP contribution in [-0.2, 0) is 9.59 Å². The molecule has 0 saturated heterocycles. The Morgan fingerprint density at radius 1 is 0.900 bits per heavy atom. The smallest absolute Gasteiger partial charge is 0.228 e. The number of hydrogen-bond acceptors (Lipinski definition) is 2. The Kier molecular flexibility index (Phi) is 4.66. The van der Waals surface area contributed by atoms with Gasteiger partial charge in [0.25, 0.3) is 0 Å². The van der Waals surface area contributed by atoms with E-state index in [1.165, 1.54) is 6.92 Å². The molecule has 0 aromatic heterocycles. The minimum absolute atomic E-state index is 0.0871. The summed E-state index contributed by atoms with van der Waals surface area (Å²) in [6, 6.07) is 19.2. The Labute approximate surface area is 118 Å². The Morgan fingerprint density at radius 2 is 1.35 bits per heavy atom. The second kappa shape index (κ2) is 6.66. The monoisotopic (exact) mass is 267 g/mol. The van der Waals surface area contributed by atoms with Crippen LogP contribution in [0.25, 0.3) is 0 Å². The van der Waals surface area contributed by atoms with Gasteiger partial charge in [0, 0.05) is 0 Å². The quantitative estimate of drug-likeness (QED) is 0.847. The van der Waals surface area contributed by atoms with Gasteiger partial charge in [-0.1, -0.05) is 60.7 Å². The molecule has 102 valence electrons. The number of benzene rings is 2. The van der Waals surface area contributed by atoms with E-state index in [1.54, 1.807) is 0 Å². The summed E-state index contributed by atoms with van der Waals surface area (Å²) in [6.07, 6.45) is -0.0871. The second-order valence-corrected chi connectivity index (χ2v) is 4.70. The van der Waals surface area contributed by atoms with Gasteiger partial charge in [0.1, 0.15) is 5.78 Å². The SMILES string of the molecule is CC(=O)CC(=O)NC(c1ccccc1)c1ccccc1. The summed E-state index contributed by atoms with van der Waals surface area (Å²) in [5, 5.41) is 2.92. The Hall–Kier alpha value is -2.42. The lowest BCUT2D eigenvalue weighted by Gasteiger charge is -2.19. The van der Waals surface area contributed by atoms with E-state index in [9.17, 15) is 9.59 Å². The molecule has 0 saturated carbocycles. The van der Waals surface area contributed by atoms with Crippen molar-refractivity contribution >= 4 is 11.7 Å². The summed E-state index contributed by atoms with van der Waals surface area (Å²) in [5.41, 5.74) is 1.99. The van der Waals surface area contributed by atoms with Gasteiger partial charge in [0.2, 0.25) is 5.91 Å². The molecule has 0 bridgehead atoms. The third-order valence-electron chi connectivity index (χ3n) is 2.98. The lowest BCUT2D eigenvalue weighted by molar-refractivity contribution is -0.127. The Bertz CT molecular complexity index is 539.